The molecule has 102 valence electrons. The van der Waals surface area contributed by atoms with Crippen LogP contribution in [0.15, 0.2) is 6.20 Å². The van der Waals surface area contributed by atoms with Crippen LogP contribution >= 0.6 is 0 Å². The Balaban J connectivity index is 1.74. The van der Waals surface area contributed by atoms with Gasteiger partial charge in [0.05, 0.1) is 6.20 Å². The third-order valence-corrected chi connectivity index (χ3v) is 4.03. The summed E-state index contributed by atoms with van der Waals surface area (Å²) in [4.78, 5) is 0. The summed E-state index contributed by atoms with van der Waals surface area (Å²) >= 11 is 0. The SMILES string of the molecule is Cc1c(CNC(C)CC2CCCCN2)cnn1C. The van der Waals surface area contributed by atoms with Crippen molar-refractivity contribution in [3.05, 3.63) is 17.5 Å². The van der Waals surface area contributed by atoms with E-state index in [0.29, 0.717) is 12.1 Å². The molecule has 0 spiro atoms. The van der Waals surface area contributed by atoms with Crippen LogP contribution in [-0.4, -0.2) is 28.4 Å². The molecule has 0 radical (unpaired) electrons. The molecule has 0 aliphatic carbocycles. The predicted octanol–water partition coefficient (Wildman–Crippen LogP) is 1.74. The molecule has 18 heavy (non-hydrogen) atoms. The maximum atomic E-state index is 4.27. The molecule has 4 heteroatoms. The standard InChI is InChI=1S/C14H26N4/c1-11(8-14-6-4-5-7-15-14)16-9-13-10-17-18(3)12(13)2/h10-11,14-16H,4-9H2,1-3H3. The first-order chi connectivity index (χ1) is 8.66. The van der Waals surface area contributed by atoms with Crippen LogP contribution in [0.5, 0.6) is 0 Å². The summed E-state index contributed by atoms with van der Waals surface area (Å²) in [7, 11) is 1.99. The normalized spacial score (nSPS) is 22.1. The van der Waals surface area contributed by atoms with Crippen molar-refractivity contribution in [2.45, 2.75) is 58.2 Å². The van der Waals surface area contributed by atoms with Crippen LogP contribution < -0.4 is 10.6 Å². The van der Waals surface area contributed by atoms with Crippen molar-refractivity contribution in [3.8, 4) is 0 Å². The van der Waals surface area contributed by atoms with E-state index in [9.17, 15) is 0 Å². The lowest BCUT2D eigenvalue weighted by molar-refractivity contribution is 0.344. The molecule has 0 bridgehead atoms. The van der Waals surface area contributed by atoms with Crippen molar-refractivity contribution in [3.63, 3.8) is 0 Å². The van der Waals surface area contributed by atoms with Crippen molar-refractivity contribution in [1.82, 2.24) is 20.4 Å². The highest BCUT2D eigenvalue weighted by molar-refractivity contribution is 5.15. The first-order valence-electron chi connectivity index (χ1n) is 7.11. The quantitative estimate of drug-likeness (QED) is 0.836. The molecule has 1 aromatic rings. The Bertz CT molecular complexity index is 366. The van der Waals surface area contributed by atoms with E-state index in [4.69, 9.17) is 0 Å². The summed E-state index contributed by atoms with van der Waals surface area (Å²) in [5.41, 5.74) is 2.56. The van der Waals surface area contributed by atoms with E-state index in [1.807, 2.05) is 17.9 Å². The summed E-state index contributed by atoms with van der Waals surface area (Å²) in [6.45, 7) is 6.52. The van der Waals surface area contributed by atoms with Crippen molar-refractivity contribution in [1.29, 1.82) is 0 Å². The van der Waals surface area contributed by atoms with Crippen LogP contribution in [0.25, 0.3) is 0 Å². The number of piperidine rings is 1. The largest absolute Gasteiger partial charge is 0.314 e. The number of nitrogens with one attached hydrogen (secondary N) is 2. The van der Waals surface area contributed by atoms with Gasteiger partial charge in [0.1, 0.15) is 0 Å². The molecule has 2 rings (SSSR count). The van der Waals surface area contributed by atoms with E-state index < -0.39 is 0 Å². The summed E-state index contributed by atoms with van der Waals surface area (Å²) < 4.78 is 1.93. The van der Waals surface area contributed by atoms with Gasteiger partial charge in [0.15, 0.2) is 0 Å². The molecule has 1 aromatic heterocycles. The minimum absolute atomic E-state index is 0.556. The van der Waals surface area contributed by atoms with Gasteiger partial charge in [-0.3, -0.25) is 4.68 Å². The van der Waals surface area contributed by atoms with Gasteiger partial charge < -0.3 is 10.6 Å². The fourth-order valence-corrected chi connectivity index (χ4v) is 2.64. The van der Waals surface area contributed by atoms with Gasteiger partial charge in [-0.05, 0) is 39.7 Å². The Kier molecular flexibility index (Phi) is 4.78. The van der Waals surface area contributed by atoms with Gasteiger partial charge >= 0.3 is 0 Å². The molecular formula is C14H26N4. The lowest BCUT2D eigenvalue weighted by Crippen LogP contribution is -2.39. The minimum Gasteiger partial charge on any atom is -0.314 e. The van der Waals surface area contributed by atoms with E-state index in [0.717, 1.165) is 6.54 Å². The second-order valence-electron chi connectivity index (χ2n) is 5.54. The Hall–Kier alpha value is -0.870. The Labute approximate surface area is 110 Å². The lowest BCUT2D eigenvalue weighted by atomic mass is 9.99. The number of nitrogens with zero attached hydrogens (tertiary/aromatic N) is 2. The first kappa shape index (κ1) is 13.6. The Morgan fingerprint density at radius 2 is 2.39 bits per heavy atom. The van der Waals surface area contributed by atoms with Crippen molar-refractivity contribution in [2.24, 2.45) is 7.05 Å². The summed E-state index contributed by atoms with van der Waals surface area (Å²) in [6.07, 6.45) is 7.24. The molecule has 1 aliphatic rings. The predicted molar refractivity (Wildman–Crippen MR) is 74.5 cm³/mol. The Morgan fingerprint density at radius 3 is 3.00 bits per heavy atom. The van der Waals surface area contributed by atoms with Gasteiger partial charge in [0.2, 0.25) is 0 Å². The van der Waals surface area contributed by atoms with Gasteiger partial charge in [-0.2, -0.15) is 5.10 Å². The smallest absolute Gasteiger partial charge is 0.0537 e. The molecular weight excluding hydrogens is 224 g/mol. The monoisotopic (exact) mass is 250 g/mol. The fourth-order valence-electron chi connectivity index (χ4n) is 2.64. The highest BCUT2D eigenvalue weighted by Crippen LogP contribution is 2.12. The molecule has 4 nitrogen and oxygen atoms in total. The topological polar surface area (TPSA) is 41.9 Å². The van der Waals surface area contributed by atoms with Gasteiger partial charge in [0.25, 0.3) is 0 Å². The molecule has 1 fully saturated rings. The van der Waals surface area contributed by atoms with Crippen LogP contribution in [0.1, 0.15) is 43.9 Å². The average molecular weight is 250 g/mol. The third kappa shape index (κ3) is 3.56. The molecule has 0 saturated carbocycles. The maximum Gasteiger partial charge on any atom is 0.0537 e. The highest BCUT2D eigenvalue weighted by atomic mass is 15.3. The number of hydrogen-bond donors (Lipinski definition) is 2. The molecule has 2 atom stereocenters. The fraction of sp³-hybridized carbons (Fsp3) is 0.786. The minimum atomic E-state index is 0.556. The zero-order valence-corrected chi connectivity index (χ0v) is 11.9. The number of aryl methyl sites for hydroxylation is 1. The van der Waals surface area contributed by atoms with Gasteiger partial charge in [0, 0.05) is 36.9 Å². The number of hydrogen-bond acceptors (Lipinski definition) is 3. The lowest BCUT2D eigenvalue weighted by Gasteiger charge is -2.26. The highest BCUT2D eigenvalue weighted by Gasteiger charge is 2.15. The zero-order chi connectivity index (χ0) is 13.0. The maximum absolute atomic E-state index is 4.27. The second-order valence-corrected chi connectivity index (χ2v) is 5.54. The van der Waals surface area contributed by atoms with Gasteiger partial charge in [-0.15, -0.1) is 0 Å². The molecule has 1 aliphatic heterocycles. The van der Waals surface area contributed by atoms with Crippen molar-refractivity contribution >= 4 is 0 Å². The van der Waals surface area contributed by atoms with Crippen molar-refractivity contribution < 1.29 is 0 Å². The van der Waals surface area contributed by atoms with E-state index in [-0.39, 0.29) is 0 Å². The molecule has 2 N–H and O–H groups in total. The van der Waals surface area contributed by atoms with Crippen LogP contribution in [0, 0.1) is 6.92 Å². The van der Waals surface area contributed by atoms with Crippen molar-refractivity contribution in [2.75, 3.05) is 6.54 Å². The van der Waals surface area contributed by atoms with Gasteiger partial charge in [-0.1, -0.05) is 6.42 Å². The van der Waals surface area contributed by atoms with Crippen LogP contribution in [0.3, 0.4) is 0 Å². The molecule has 0 amide bonds. The molecule has 0 aromatic carbocycles. The third-order valence-electron chi connectivity index (χ3n) is 4.03. The zero-order valence-electron chi connectivity index (χ0n) is 11.9. The van der Waals surface area contributed by atoms with Crippen LogP contribution in [0.4, 0.5) is 0 Å². The van der Waals surface area contributed by atoms with Crippen LogP contribution in [-0.2, 0) is 13.6 Å². The summed E-state index contributed by atoms with van der Waals surface area (Å²) in [5, 5.41) is 11.5. The number of aromatic nitrogens is 2. The average Bonchev–Trinajstić information content (AvgIpc) is 2.69. The molecule has 2 unspecified atom stereocenters. The molecule has 2 heterocycles. The van der Waals surface area contributed by atoms with E-state index in [2.05, 4.69) is 29.6 Å². The summed E-state index contributed by atoms with van der Waals surface area (Å²) in [5.74, 6) is 0. The second kappa shape index (κ2) is 6.34. The van der Waals surface area contributed by atoms with E-state index >= 15 is 0 Å². The van der Waals surface area contributed by atoms with Gasteiger partial charge in [-0.25, -0.2) is 0 Å². The van der Waals surface area contributed by atoms with E-state index in [1.165, 1.54) is 43.5 Å². The summed E-state index contributed by atoms with van der Waals surface area (Å²) in [6, 6.07) is 1.26. The first-order valence-corrected chi connectivity index (χ1v) is 7.11. The van der Waals surface area contributed by atoms with Crippen LogP contribution in [0.2, 0.25) is 0 Å². The van der Waals surface area contributed by atoms with E-state index in [1.54, 1.807) is 0 Å². The Morgan fingerprint density at radius 1 is 1.56 bits per heavy atom. The number of rotatable bonds is 5. The molecule has 1 saturated heterocycles.